The summed E-state index contributed by atoms with van der Waals surface area (Å²) >= 11 is 0. The summed E-state index contributed by atoms with van der Waals surface area (Å²) in [6.07, 6.45) is 0.0274. The largest absolute Gasteiger partial charge is 0.494 e. The van der Waals surface area contributed by atoms with E-state index in [1.54, 1.807) is 13.0 Å². The molecule has 1 aromatic carbocycles. The van der Waals surface area contributed by atoms with Crippen molar-refractivity contribution in [1.82, 2.24) is 0 Å². The summed E-state index contributed by atoms with van der Waals surface area (Å²) in [7, 11) is 1.39. The standard InChI is InChI=1S/C12H16FNO3/c1-3-17-12(15)7-10(14)8-4-5-11(16-2)9(13)6-8/h4-6,10H,3,7,14H2,1-2H3. The lowest BCUT2D eigenvalue weighted by molar-refractivity contribution is -0.143. The maximum Gasteiger partial charge on any atom is 0.307 e. The molecule has 0 radical (unpaired) electrons. The van der Waals surface area contributed by atoms with Crippen LogP contribution in [0.1, 0.15) is 24.9 Å². The van der Waals surface area contributed by atoms with Crippen LogP contribution in [0.25, 0.3) is 0 Å². The minimum Gasteiger partial charge on any atom is -0.494 e. The van der Waals surface area contributed by atoms with E-state index in [-0.39, 0.29) is 12.2 Å². The molecule has 2 N–H and O–H groups in total. The number of carbonyl (C=O) groups excluding carboxylic acids is 1. The number of carbonyl (C=O) groups is 1. The van der Waals surface area contributed by atoms with Gasteiger partial charge in [-0.15, -0.1) is 0 Å². The van der Waals surface area contributed by atoms with E-state index in [2.05, 4.69) is 0 Å². The molecule has 0 aromatic heterocycles. The minimum absolute atomic E-state index is 0.0274. The van der Waals surface area contributed by atoms with Gasteiger partial charge in [-0.25, -0.2) is 4.39 Å². The Morgan fingerprint density at radius 2 is 2.24 bits per heavy atom. The molecule has 0 aliphatic heterocycles. The van der Waals surface area contributed by atoms with Crippen molar-refractivity contribution in [3.8, 4) is 5.75 Å². The van der Waals surface area contributed by atoms with Crippen LogP contribution in [0, 0.1) is 5.82 Å². The number of hydrogen-bond acceptors (Lipinski definition) is 4. The smallest absolute Gasteiger partial charge is 0.307 e. The molecule has 17 heavy (non-hydrogen) atoms. The van der Waals surface area contributed by atoms with E-state index in [4.69, 9.17) is 15.2 Å². The Morgan fingerprint density at radius 1 is 1.53 bits per heavy atom. The SMILES string of the molecule is CCOC(=O)CC(N)c1ccc(OC)c(F)c1. The molecule has 0 bridgehead atoms. The summed E-state index contributed by atoms with van der Waals surface area (Å²) in [5.41, 5.74) is 6.32. The molecule has 5 heteroatoms. The summed E-state index contributed by atoms with van der Waals surface area (Å²) in [5, 5.41) is 0. The quantitative estimate of drug-likeness (QED) is 0.798. The van der Waals surface area contributed by atoms with Gasteiger partial charge in [0.2, 0.25) is 0 Å². The van der Waals surface area contributed by atoms with Crippen LogP contribution in [0.5, 0.6) is 5.75 Å². The van der Waals surface area contributed by atoms with Crippen LogP contribution in [-0.2, 0) is 9.53 Å². The van der Waals surface area contributed by atoms with Crippen molar-refractivity contribution in [3.05, 3.63) is 29.6 Å². The third-order valence-electron chi connectivity index (χ3n) is 2.30. The van der Waals surface area contributed by atoms with Gasteiger partial charge in [-0.05, 0) is 24.6 Å². The average molecular weight is 241 g/mol. The molecule has 4 nitrogen and oxygen atoms in total. The van der Waals surface area contributed by atoms with Gasteiger partial charge in [-0.2, -0.15) is 0 Å². The predicted octanol–water partition coefficient (Wildman–Crippen LogP) is 1.79. The Hall–Kier alpha value is -1.62. The number of benzene rings is 1. The van der Waals surface area contributed by atoms with E-state index < -0.39 is 17.8 Å². The first-order valence-corrected chi connectivity index (χ1v) is 5.33. The lowest BCUT2D eigenvalue weighted by Crippen LogP contribution is -2.17. The average Bonchev–Trinajstić information content (AvgIpc) is 2.29. The summed E-state index contributed by atoms with van der Waals surface area (Å²) in [6, 6.07) is 3.80. The highest BCUT2D eigenvalue weighted by Crippen LogP contribution is 2.22. The lowest BCUT2D eigenvalue weighted by Gasteiger charge is -2.12. The molecular weight excluding hydrogens is 225 g/mol. The van der Waals surface area contributed by atoms with E-state index in [9.17, 15) is 9.18 Å². The monoisotopic (exact) mass is 241 g/mol. The Labute approximate surface area is 99.5 Å². The van der Waals surface area contributed by atoms with E-state index in [0.29, 0.717) is 12.2 Å². The van der Waals surface area contributed by atoms with Crippen LogP contribution in [0.4, 0.5) is 4.39 Å². The summed E-state index contributed by atoms with van der Waals surface area (Å²) < 4.78 is 23.0. The second-order valence-electron chi connectivity index (χ2n) is 3.51. The fourth-order valence-electron chi connectivity index (χ4n) is 1.43. The fraction of sp³-hybridized carbons (Fsp3) is 0.417. The van der Waals surface area contributed by atoms with Crippen LogP contribution in [0.15, 0.2) is 18.2 Å². The van der Waals surface area contributed by atoms with Gasteiger partial charge >= 0.3 is 5.97 Å². The van der Waals surface area contributed by atoms with E-state index in [0.717, 1.165) is 0 Å². The highest BCUT2D eigenvalue weighted by molar-refractivity contribution is 5.70. The lowest BCUT2D eigenvalue weighted by atomic mass is 10.0. The third-order valence-corrected chi connectivity index (χ3v) is 2.30. The molecular formula is C12H16FNO3. The maximum absolute atomic E-state index is 13.4. The Kier molecular flexibility index (Phi) is 4.90. The van der Waals surface area contributed by atoms with Gasteiger partial charge in [0.05, 0.1) is 20.1 Å². The van der Waals surface area contributed by atoms with Crippen LogP contribution in [0.3, 0.4) is 0 Å². The molecule has 1 atom stereocenters. The van der Waals surface area contributed by atoms with Crippen LogP contribution >= 0.6 is 0 Å². The molecule has 0 aliphatic rings. The number of hydrogen-bond donors (Lipinski definition) is 1. The highest BCUT2D eigenvalue weighted by Gasteiger charge is 2.14. The van der Waals surface area contributed by atoms with Crippen LogP contribution in [-0.4, -0.2) is 19.7 Å². The number of halogens is 1. The number of nitrogens with two attached hydrogens (primary N) is 1. The van der Waals surface area contributed by atoms with Gasteiger partial charge in [0, 0.05) is 6.04 Å². The first-order chi connectivity index (χ1) is 8.08. The summed E-state index contributed by atoms with van der Waals surface area (Å²) in [4.78, 5) is 11.2. The maximum atomic E-state index is 13.4. The molecule has 1 unspecified atom stereocenters. The first-order valence-electron chi connectivity index (χ1n) is 5.33. The van der Waals surface area contributed by atoms with Gasteiger partial charge in [-0.1, -0.05) is 6.07 Å². The second kappa shape index (κ2) is 6.20. The van der Waals surface area contributed by atoms with Gasteiger partial charge < -0.3 is 15.2 Å². The van der Waals surface area contributed by atoms with Crippen molar-refractivity contribution in [2.45, 2.75) is 19.4 Å². The first kappa shape index (κ1) is 13.4. The third kappa shape index (κ3) is 3.71. The molecule has 0 fully saturated rings. The summed E-state index contributed by atoms with van der Waals surface area (Å²) in [6.45, 7) is 2.03. The Balaban J connectivity index is 2.72. The molecule has 1 rings (SSSR count). The van der Waals surface area contributed by atoms with Gasteiger partial charge in [0.25, 0.3) is 0 Å². The zero-order valence-corrected chi connectivity index (χ0v) is 9.90. The van der Waals surface area contributed by atoms with Crippen LogP contribution < -0.4 is 10.5 Å². The van der Waals surface area contributed by atoms with Crippen molar-refractivity contribution in [3.63, 3.8) is 0 Å². The van der Waals surface area contributed by atoms with Crippen molar-refractivity contribution >= 4 is 5.97 Å². The predicted molar refractivity (Wildman–Crippen MR) is 61.1 cm³/mol. The Bertz CT molecular complexity index is 395. The van der Waals surface area contributed by atoms with Crippen molar-refractivity contribution in [2.75, 3.05) is 13.7 Å². The summed E-state index contributed by atoms with van der Waals surface area (Å²) in [5.74, 6) is -0.738. The van der Waals surface area contributed by atoms with Gasteiger partial charge in [-0.3, -0.25) is 4.79 Å². The van der Waals surface area contributed by atoms with Crippen molar-refractivity contribution < 1.29 is 18.7 Å². The Morgan fingerprint density at radius 3 is 2.76 bits per heavy atom. The molecule has 0 heterocycles. The molecule has 1 aromatic rings. The van der Waals surface area contributed by atoms with E-state index >= 15 is 0 Å². The normalized spacial score (nSPS) is 12.0. The number of rotatable bonds is 5. The van der Waals surface area contributed by atoms with E-state index in [1.807, 2.05) is 0 Å². The zero-order valence-electron chi connectivity index (χ0n) is 9.90. The highest BCUT2D eigenvalue weighted by atomic mass is 19.1. The van der Waals surface area contributed by atoms with Gasteiger partial charge in [0.1, 0.15) is 0 Å². The number of ether oxygens (including phenoxy) is 2. The molecule has 0 amide bonds. The van der Waals surface area contributed by atoms with Crippen molar-refractivity contribution in [2.24, 2.45) is 5.73 Å². The molecule has 0 saturated carbocycles. The minimum atomic E-state index is -0.575. The molecule has 0 saturated heterocycles. The topological polar surface area (TPSA) is 61.5 Å². The molecule has 0 aliphatic carbocycles. The number of esters is 1. The van der Waals surface area contributed by atoms with Gasteiger partial charge in [0.15, 0.2) is 11.6 Å². The molecule has 94 valence electrons. The van der Waals surface area contributed by atoms with Crippen molar-refractivity contribution in [1.29, 1.82) is 0 Å². The fourth-order valence-corrected chi connectivity index (χ4v) is 1.43. The second-order valence-corrected chi connectivity index (χ2v) is 3.51. The zero-order chi connectivity index (χ0) is 12.8. The van der Waals surface area contributed by atoms with E-state index in [1.165, 1.54) is 19.2 Å². The number of methoxy groups -OCH3 is 1. The van der Waals surface area contributed by atoms with Crippen LogP contribution in [0.2, 0.25) is 0 Å². The molecule has 0 spiro atoms.